The van der Waals surface area contributed by atoms with E-state index < -0.39 is 0 Å². The van der Waals surface area contributed by atoms with Gasteiger partial charge >= 0.3 is 0 Å². The molecular formula is C13H18BrNO2. The normalized spacial score (nSPS) is 12.5. The van der Waals surface area contributed by atoms with E-state index >= 15 is 0 Å². The highest BCUT2D eigenvalue weighted by Gasteiger charge is 2.13. The summed E-state index contributed by atoms with van der Waals surface area (Å²) in [6, 6.07) is 9.85. The molecule has 94 valence electrons. The van der Waals surface area contributed by atoms with Crippen molar-refractivity contribution in [2.75, 3.05) is 11.9 Å². The van der Waals surface area contributed by atoms with Crippen molar-refractivity contribution in [2.45, 2.75) is 26.0 Å². The quantitative estimate of drug-likeness (QED) is 0.820. The Kier molecular flexibility index (Phi) is 6.22. The summed E-state index contributed by atoms with van der Waals surface area (Å²) in [7, 11) is 0. The van der Waals surface area contributed by atoms with Crippen LogP contribution in [0.1, 0.15) is 25.5 Å². The molecule has 3 nitrogen and oxygen atoms in total. The standard InChI is InChI=1S/C13H18BrNO2/c1-10(2)17-9-13(16)15-12(8-14)11-6-4-3-5-7-11/h3-7,10,12H,8-9H2,1-2H3,(H,15,16). The highest BCUT2D eigenvalue weighted by atomic mass is 79.9. The first-order valence-electron chi connectivity index (χ1n) is 5.65. The molecule has 1 aromatic rings. The van der Waals surface area contributed by atoms with E-state index in [1.165, 1.54) is 0 Å². The molecule has 0 aliphatic rings. The van der Waals surface area contributed by atoms with Gasteiger partial charge in [0, 0.05) is 5.33 Å². The smallest absolute Gasteiger partial charge is 0.246 e. The zero-order valence-corrected chi connectivity index (χ0v) is 11.7. The maximum Gasteiger partial charge on any atom is 0.246 e. The molecule has 0 bridgehead atoms. The number of halogens is 1. The first-order valence-corrected chi connectivity index (χ1v) is 6.77. The Morgan fingerprint density at radius 3 is 2.53 bits per heavy atom. The fourth-order valence-corrected chi connectivity index (χ4v) is 1.91. The molecule has 1 N–H and O–H groups in total. The summed E-state index contributed by atoms with van der Waals surface area (Å²) in [5, 5.41) is 3.61. The Labute approximate surface area is 111 Å². The molecule has 1 aromatic carbocycles. The van der Waals surface area contributed by atoms with E-state index in [0.29, 0.717) is 5.33 Å². The van der Waals surface area contributed by atoms with Crippen LogP contribution in [-0.4, -0.2) is 23.9 Å². The molecule has 1 amide bonds. The van der Waals surface area contributed by atoms with Crippen molar-refractivity contribution >= 4 is 21.8 Å². The van der Waals surface area contributed by atoms with Crippen molar-refractivity contribution in [2.24, 2.45) is 0 Å². The van der Waals surface area contributed by atoms with E-state index in [-0.39, 0.29) is 24.7 Å². The summed E-state index contributed by atoms with van der Waals surface area (Å²) in [6.45, 7) is 3.92. The molecule has 1 unspecified atom stereocenters. The second kappa shape index (κ2) is 7.45. The van der Waals surface area contributed by atoms with Crippen LogP contribution in [0.5, 0.6) is 0 Å². The highest BCUT2D eigenvalue weighted by molar-refractivity contribution is 9.09. The molecule has 0 heterocycles. The zero-order valence-electron chi connectivity index (χ0n) is 10.2. The van der Waals surface area contributed by atoms with E-state index in [4.69, 9.17) is 4.74 Å². The maximum atomic E-state index is 11.6. The van der Waals surface area contributed by atoms with E-state index in [9.17, 15) is 4.79 Å². The Balaban J connectivity index is 2.50. The van der Waals surface area contributed by atoms with Crippen molar-refractivity contribution < 1.29 is 9.53 Å². The largest absolute Gasteiger partial charge is 0.369 e. The van der Waals surface area contributed by atoms with Gasteiger partial charge < -0.3 is 10.1 Å². The average molecular weight is 300 g/mol. The van der Waals surface area contributed by atoms with Crippen LogP contribution in [0.25, 0.3) is 0 Å². The van der Waals surface area contributed by atoms with Crippen LogP contribution in [0, 0.1) is 0 Å². The van der Waals surface area contributed by atoms with Gasteiger partial charge in [0.05, 0.1) is 12.1 Å². The van der Waals surface area contributed by atoms with Crippen molar-refractivity contribution in [1.29, 1.82) is 0 Å². The maximum absolute atomic E-state index is 11.6. The summed E-state index contributed by atoms with van der Waals surface area (Å²) in [5.74, 6) is -0.0907. The number of hydrogen-bond acceptors (Lipinski definition) is 2. The number of carbonyl (C=O) groups excluding carboxylic acids is 1. The molecule has 0 aromatic heterocycles. The second-order valence-electron chi connectivity index (χ2n) is 4.04. The summed E-state index contributed by atoms with van der Waals surface area (Å²) < 4.78 is 5.26. The fraction of sp³-hybridized carbons (Fsp3) is 0.462. The van der Waals surface area contributed by atoms with Gasteiger partial charge in [0.15, 0.2) is 0 Å². The minimum atomic E-state index is -0.0907. The lowest BCUT2D eigenvalue weighted by Gasteiger charge is -2.17. The van der Waals surface area contributed by atoms with Gasteiger partial charge in [0.25, 0.3) is 0 Å². The average Bonchev–Trinajstić information content (AvgIpc) is 2.34. The van der Waals surface area contributed by atoms with E-state index in [1.807, 2.05) is 44.2 Å². The van der Waals surface area contributed by atoms with Gasteiger partial charge in [-0.25, -0.2) is 0 Å². The Bertz CT molecular complexity index is 341. The van der Waals surface area contributed by atoms with Gasteiger partial charge in [0.2, 0.25) is 5.91 Å². The third-order valence-electron chi connectivity index (χ3n) is 2.24. The SMILES string of the molecule is CC(C)OCC(=O)NC(CBr)c1ccccc1. The number of benzene rings is 1. The number of rotatable bonds is 6. The number of nitrogens with one attached hydrogen (secondary N) is 1. The highest BCUT2D eigenvalue weighted by Crippen LogP contribution is 2.14. The molecule has 0 radical (unpaired) electrons. The topological polar surface area (TPSA) is 38.3 Å². The molecule has 0 fully saturated rings. The van der Waals surface area contributed by atoms with Gasteiger partial charge in [-0.1, -0.05) is 46.3 Å². The Morgan fingerprint density at radius 1 is 1.35 bits per heavy atom. The predicted molar refractivity (Wildman–Crippen MR) is 72.2 cm³/mol. The van der Waals surface area contributed by atoms with Gasteiger partial charge in [-0.2, -0.15) is 0 Å². The van der Waals surface area contributed by atoms with Gasteiger partial charge in [-0.05, 0) is 19.4 Å². The summed E-state index contributed by atoms with van der Waals surface area (Å²) in [5.41, 5.74) is 1.09. The van der Waals surface area contributed by atoms with Crippen LogP contribution in [-0.2, 0) is 9.53 Å². The Hall–Kier alpha value is -0.870. The molecular weight excluding hydrogens is 282 g/mol. The lowest BCUT2D eigenvalue weighted by atomic mass is 10.1. The van der Waals surface area contributed by atoms with Crippen LogP contribution in [0.2, 0.25) is 0 Å². The van der Waals surface area contributed by atoms with Crippen LogP contribution >= 0.6 is 15.9 Å². The number of ether oxygens (including phenoxy) is 1. The van der Waals surface area contributed by atoms with Gasteiger partial charge in [0.1, 0.15) is 6.61 Å². The summed E-state index contributed by atoms with van der Waals surface area (Å²) in [6.07, 6.45) is 0.0693. The molecule has 0 aliphatic carbocycles. The van der Waals surface area contributed by atoms with E-state index in [2.05, 4.69) is 21.2 Å². The molecule has 0 spiro atoms. The molecule has 0 saturated heterocycles. The number of amides is 1. The van der Waals surface area contributed by atoms with Gasteiger partial charge in [-0.15, -0.1) is 0 Å². The van der Waals surface area contributed by atoms with Crippen molar-refractivity contribution in [3.05, 3.63) is 35.9 Å². The van der Waals surface area contributed by atoms with Crippen molar-refractivity contribution in [1.82, 2.24) is 5.32 Å². The summed E-state index contributed by atoms with van der Waals surface area (Å²) in [4.78, 5) is 11.6. The van der Waals surface area contributed by atoms with Crippen LogP contribution in [0.15, 0.2) is 30.3 Å². The molecule has 0 aliphatic heterocycles. The monoisotopic (exact) mass is 299 g/mol. The number of carbonyl (C=O) groups is 1. The molecule has 1 atom stereocenters. The first-order chi connectivity index (χ1) is 8.13. The van der Waals surface area contributed by atoms with Crippen LogP contribution < -0.4 is 5.32 Å². The van der Waals surface area contributed by atoms with Crippen LogP contribution in [0.3, 0.4) is 0 Å². The van der Waals surface area contributed by atoms with Crippen molar-refractivity contribution in [3.63, 3.8) is 0 Å². The fourth-order valence-electron chi connectivity index (χ4n) is 1.37. The van der Waals surface area contributed by atoms with Crippen molar-refractivity contribution in [3.8, 4) is 0 Å². The number of hydrogen-bond donors (Lipinski definition) is 1. The molecule has 0 saturated carbocycles. The van der Waals surface area contributed by atoms with Gasteiger partial charge in [-0.3, -0.25) is 4.79 Å². The summed E-state index contributed by atoms with van der Waals surface area (Å²) >= 11 is 3.41. The molecule has 1 rings (SSSR count). The minimum Gasteiger partial charge on any atom is -0.369 e. The number of alkyl halides is 1. The third-order valence-corrected chi connectivity index (χ3v) is 2.89. The molecule has 17 heavy (non-hydrogen) atoms. The molecule has 4 heteroatoms. The zero-order chi connectivity index (χ0) is 12.7. The van der Waals surface area contributed by atoms with E-state index in [1.54, 1.807) is 0 Å². The first kappa shape index (κ1) is 14.2. The Morgan fingerprint density at radius 2 is 2.00 bits per heavy atom. The lowest BCUT2D eigenvalue weighted by molar-refractivity contribution is -0.127. The van der Waals surface area contributed by atoms with Crippen LogP contribution in [0.4, 0.5) is 0 Å². The third kappa shape index (κ3) is 5.33. The second-order valence-corrected chi connectivity index (χ2v) is 4.69. The minimum absolute atomic E-state index is 0.0144. The lowest BCUT2D eigenvalue weighted by Crippen LogP contribution is -2.33. The predicted octanol–water partition coefficient (Wildman–Crippen LogP) is 2.66. The van der Waals surface area contributed by atoms with E-state index in [0.717, 1.165) is 5.56 Å².